The fourth-order valence-electron chi connectivity index (χ4n) is 3.05. The van der Waals surface area contributed by atoms with Gasteiger partial charge in [-0.3, -0.25) is 14.5 Å². The largest absolute Gasteiger partial charge is 0.468 e. The van der Waals surface area contributed by atoms with Crippen LogP contribution >= 0.6 is 0 Å². The lowest BCUT2D eigenvalue weighted by molar-refractivity contribution is -0.144. The molecule has 18 heavy (non-hydrogen) atoms. The number of carbonyl (C=O) groups is 2. The summed E-state index contributed by atoms with van der Waals surface area (Å²) in [5.74, 6) is -0.102. The van der Waals surface area contributed by atoms with E-state index in [4.69, 9.17) is 4.74 Å². The average molecular weight is 254 g/mol. The minimum atomic E-state index is -0.246. The Morgan fingerprint density at radius 2 is 2.06 bits per heavy atom. The summed E-state index contributed by atoms with van der Waals surface area (Å²) in [4.78, 5) is 27.5. The molecule has 2 fully saturated rings. The molecule has 0 aromatic heterocycles. The van der Waals surface area contributed by atoms with Crippen molar-refractivity contribution in [2.24, 2.45) is 0 Å². The van der Waals surface area contributed by atoms with Crippen molar-refractivity contribution < 1.29 is 14.3 Å². The summed E-state index contributed by atoms with van der Waals surface area (Å²) in [6, 6.07) is 0.238. The Hall–Kier alpha value is -1.10. The second-order valence-electron chi connectivity index (χ2n) is 5.25. The third-order valence-corrected chi connectivity index (χ3v) is 4.13. The molecule has 0 bridgehead atoms. The van der Waals surface area contributed by atoms with Crippen LogP contribution in [0, 0.1) is 0 Å². The van der Waals surface area contributed by atoms with Gasteiger partial charge in [-0.25, -0.2) is 0 Å². The van der Waals surface area contributed by atoms with E-state index in [-0.39, 0.29) is 24.5 Å². The number of amides is 1. The third kappa shape index (κ3) is 2.66. The smallest absolute Gasteiger partial charge is 0.319 e. The maximum atomic E-state index is 12.1. The third-order valence-electron chi connectivity index (χ3n) is 4.13. The van der Waals surface area contributed by atoms with E-state index in [0.29, 0.717) is 6.04 Å². The molecule has 1 amide bonds. The van der Waals surface area contributed by atoms with Gasteiger partial charge in [0.05, 0.1) is 19.7 Å². The van der Waals surface area contributed by atoms with E-state index in [1.165, 1.54) is 20.0 Å². The van der Waals surface area contributed by atoms with Crippen molar-refractivity contribution in [3.63, 3.8) is 0 Å². The molecular formula is C13H22N2O3. The number of likely N-dealkylation sites (N-methyl/N-ethyl adjacent to an activating group) is 1. The van der Waals surface area contributed by atoms with E-state index >= 15 is 0 Å². The molecule has 1 unspecified atom stereocenters. The Labute approximate surface area is 108 Å². The molecule has 102 valence electrons. The number of likely N-dealkylation sites (tertiary alicyclic amines) is 1. The molecule has 1 aliphatic carbocycles. The van der Waals surface area contributed by atoms with Crippen molar-refractivity contribution in [1.29, 1.82) is 0 Å². The maximum absolute atomic E-state index is 12.1. The quantitative estimate of drug-likeness (QED) is 0.691. The molecule has 5 heteroatoms. The lowest BCUT2D eigenvalue weighted by Crippen LogP contribution is -2.48. The number of hydrogen-bond acceptors (Lipinski definition) is 4. The molecule has 0 radical (unpaired) electrons. The molecule has 0 spiro atoms. The van der Waals surface area contributed by atoms with Crippen molar-refractivity contribution in [3.05, 3.63) is 0 Å². The number of nitrogens with zero attached hydrogens (tertiary/aromatic N) is 2. The molecule has 2 rings (SSSR count). The minimum Gasteiger partial charge on any atom is -0.468 e. The van der Waals surface area contributed by atoms with Gasteiger partial charge in [0.15, 0.2) is 0 Å². The van der Waals surface area contributed by atoms with Gasteiger partial charge in [0.2, 0.25) is 5.91 Å². The molecule has 1 saturated heterocycles. The first-order chi connectivity index (χ1) is 8.63. The first-order valence-electron chi connectivity index (χ1n) is 6.71. The van der Waals surface area contributed by atoms with Crippen LogP contribution in [0.3, 0.4) is 0 Å². The average Bonchev–Trinajstić information content (AvgIpc) is 2.99. The van der Waals surface area contributed by atoms with E-state index in [2.05, 4.69) is 4.90 Å². The molecule has 5 nitrogen and oxygen atoms in total. The van der Waals surface area contributed by atoms with Gasteiger partial charge in [-0.15, -0.1) is 0 Å². The van der Waals surface area contributed by atoms with Crippen molar-refractivity contribution in [3.8, 4) is 0 Å². The van der Waals surface area contributed by atoms with E-state index in [9.17, 15) is 9.59 Å². The Morgan fingerprint density at radius 1 is 1.39 bits per heavy atom. The van der Waals surface area contributed by atoms with Gasteiger partial charge >= 0.3 is 5.97 Å². The SMILES string of the molecule is COC(=O)CN(C1CCCC1)C1CCN(C)C1=O. The van der Waals surface area contributed by atoms with Gasteiger partial charge in [-0.05, 0) is 19.3 Å². The molecule has 0 aromatic carbocycles. The zero-order chi connectivity index (χ0) is 13.1. The second kappa shape index (κ2) is 5.69. The van der Waals surface area contributed by atoms with Gasteiger partial charge in [0, 0.05) is 19.6 Å². The number of hydrogen-bond donors (Lipinski definition) is 0. The van der Waals surface area contributed by atoms with Gasteiger partial charge in [0.1, 0.15) is 0 Å². The molecule has 1 aliphatic heterocycles. The number of rotatable bonds is 4. The molecule has 0 aromatic rings. The Bertz CT molecular complexity index is 326. The van der Waals surface area contributed by atoms with Gasteiger partial charge in [-0.2, -0.15) is 0 Å². The highest BCUT2D eigenvalue weighted by Crippen LogP contribution is 2.28. The Kier molecular flexibility index (Phi) is 4.22. The number of methoxy groups -OCH3 is 1. The Morgan fingerprint density at radius 3 is 2.56 bits per heavy atom. The summed E-state index contributed by atoms with van der Waals surface area (Å²) in [6.07, 6.45) is 5.38. The first kappa shape index (κ1) is 13.3. The molecule has 1 heterocycles. The van der Waals surface area contributed by atoms with Crippen LogP contribution in [0.15, 0.2) is 0 Å². The van der Waals surface area contributed by atoms with Crippen molar-refractivity contribution in [2.45, 2.75) is 44.2 Å². The van der Waals surface area contributed by atoms with Crippen molar-refractivity contribution in [1.82, 2.24) is 9.80 Å². The van der Waals surface area contributed by atoms with E-state index < -0.39 is 0 Å². The monoisotopic (exact) mass is 254 g/mol. The van der Waals surface area contributed by atoms with Crippen LogP contribution in [0.5, 0.6) is 0 Å². The van der Waals surface area contributed by atoms with Gasteiger partial charge in [0.25, 0.3) is 0 Å². The Balaban J connectivity index is 2.08. The van der Waals surface area contributed by atoms with Crippen LogP contribution in [-0.4, -0.2) is 61.0 Å². The molecule has 0 N–H and O–H groups in total. The zero-order valence-corrected chi connectivity index (χ0v) is 11.2. The van der Waals surface area contributed by atoms with Gasteiger partial charge in [-0.1, -0.05) is 12.8 Å². The lowest BCUT2D eigenvalue weighted by atomic mass is 10.1. The highest BCUT2D eigenvalue weighted by molar-refractivity contribution is 5.84. The molecular weight excluding hydrogens is 232 g/mol. The predicted octanol–water partition coefficient (Wildman–Crippen LogP) is 0.635. The number of ether oxygens (including phenoxy) is 1. The molecule has 1 saturated carbocycles. The van der Waals surface area contributed by atoms with Crippen LogP contribution < -0.4 is 0 Å². The number of carbonyl (C=O) groups excluding carboxylic acids is 2. The van der Waals surface area contributed by atoms with Crippen LogP contribution in [-0.2, 0) is 14.3 Å². The van der Waals surface area contributed by atoms with Crippen LogP contribution in [0.4, 0.5) is 0 Å². The van der Waals surface area contributed by atoms with Crippen LogP contribution in [0.25, 0.3) is 0 Å². The normalized spacial score (nSPS) is 25.2. The fourth-order valence-corrected chi connectivity index (χ4v) is 3.05. The van der Waals surface area contributed by atoms with Crippen molar-refractivity contribution in [2.75, 3.05) is 27.2 Å². The molecule has 2 aliphatic rings. The molecule has 1 atom stereocenters. The lowest BCUT2D eigenvalue weighted by Gasteiger charge is -2.32. The topological polar surface area (TPSA) is 49.9 Å². The fraction of sp³-hybridized carbons (Fsp3) is 0.846. The number of esters is 1. The van der Waals surface area contributed by atoms with Gasteiger partial charge < -0.3 is 9.64 Å². The second-order valence-corrected chi connectivity index (χ2v) is 5.25. The predicted molar refractivity (Wildman–Crippen MR) is 67.0 cm³/mol. The standard InChI is InChI=1S/C13H22N2O3/c1-14-8-7-11(13(14)17)15(9-12(16)18-2)10-5-3-4-6-10/h10-11H,3-9H2,1-2H3. The maximum Gasteiger partial charge on any atom is 0.319 e. The highest BCUT2D eigenvalue weighted by atomic mass is 16.5. The zero-order valence-electron chi connectivity index (χ0n) is 11.2. The van der Waals surface area contributed by atoms with E-state index in [1.54, 1.807) is 4.90 Å². The van der Waals surface area contributed by atoms with Crippen LogP contribution in [0.1, 0.15) is 32.1 Å². The first-order valence-corrected chi connectivity index (χ1v) is 6.71. The summed E-state index contributed by atoms with van der Waals surface area (Å²) < 4.78 is 4.76. The summed E-state index contributed by atoms with van der Waals surface area (Å²) in [7, 11) is 3.23. The summed E-state index contributed by atoms with van der Waals surface area (Å²) in [5.41, 5.74) is 0. The summed E-state index contributed by atoms with van der Waals surface area (Å²) in [5, 5.41) is 0. The van der Waals surface area contributed by atoms with Crippen molar-refractivity contribution >= 4 is 11.9 Å². The summed E-state index contributed by atoms with van der Waals surface area (Å²) >= 11 is 0. The summed E-state index contributed by atoms with van der Waals surface area (Å²) in [6.45, 7) is 1.03. The van der Waals surface area contributed by atoms with E-state index in [1.807, 2.05) is 7.05 Å². The van der Waals surface area contributed by atoms with E-state index in [0.717, 1.165) is 25.8 Å². The highest BCUT2D eigenvalue weighted by Gasteiger charge is 2.39. The van der Waals surface area contributed by atoms with Crippen LogP contribution in [0.2, 0.25) is 0 Å². The minimum absolute atomic E-state index is 0.128.